The molecule has 0 fully saturated rings. The van der Waals surface area contributed by atoms with Gasteiger partial charge in [0.05, 0.1) is 6.20 Å². The number of nitrogens with two attached hydrogens (primary N) is 1. The summed E-state index contributed by atoms with van der Waals surface area (Å²) < 4.78 is 28.0. The van der Waals surface area contributed by atoms with Crippen molar-refractivity contribution in [1.29, 1.82) is 0 Å². The molecule has 6 nitrogen and oxygen atoms in total. The van der Waals surface area contributed by atoms with Gasteiger partial charge in [-0.3, -0.25) is 0 Å². The fraction of sp³-hybridized carbons (Fsp3) is 0.727. The highest BCUT2D eigenvalue weighted by atomic mass is 32.2. The minimum absolute atomic E-state index is 0.0763. The third-order valence-corrected chi connectivity index (χ3v) is 4.12. The number of sulfonamides is 1. The lowest BCUT2D eigenvalue weighted by atomic mass is 10.3. The molecule has 0 saturated carbocycles. The first-order chi connectivity index (χ1) is 8.53. The van der Waals surface area contributed by atoms with Gasteiger partial charge < -0.3 is 5.73 Å². The Balaban J connectivity index is 2.72. The summed E-state index contributed by atoms with van der Waals surface area (Å²) in [5, 5.41) is 3.99. The highest BCUT2D eigenvalue weighted by Gasteiger charge is 2.20. The van der Waals surface area contributed by atoms with Gasteiger partial charge in [0.15, 0.2) is 0 Å². The number of nitrogen functional groups attached to an aromatic ring is 1. The van der Waals surface area contributed by atoms with E-state index in [2.05, 4.69) is 16.7 Å². The highest BCUT2D eigenvalue weighted by Crippen LogP contribution is 2.17. The van der Waals surface area contributed by atoms with E-state index in [0.717, 1.165) is 25.7 Å². The Morgan fingerprint density at radius 1 is 1.33 bits per heavy atom. The summed E-state index contributed by atoms with van der Waals surface area (Å²) >= 11 is 0. The molecule has 0 spiro atoms. The zero-order valence-electron chi connectivity index (χ0n) is 11.0. The van der Waals surface area contributed by atoms with E-state index in [9.17, 15) is 8.42 Å². The Morgan fingerprint density at radius 2 is 2.06 bits per heavy atom. The summed E-state index contributed by atoms with van der Waals surface area (Å²) in [4.78, 5) is 0.0763. The van der Waals surface area contributed by atoms with Gasteiger partial charge in [0, 0.05) is 13.1 Å². The average Bonchev–Trinajstić information content (AvgIpc) is 2.68. The molecule has 0 saturated heterocycles. The maximum absolute atomic E-state index is 12.0. The molecule has 0 aliphatic carbocycles. The van der Waals surface area contributed by atoms with Crippen LogP contribution in [0.2, 0.25) is 0 Å². The number of anilines is 1. The molecule has 0 aliphatic rings. The lowest BCUT2D eigenvalue weighted by Gasteiger charge is -2.06. The second-order valence-electron chi connectivity index (χ2n) is 4.22. The third-order valence-electron chi connectivity index (χ3n) is 2.64. The molecule has 0 atom stereocenters. The molecule has 0 amide bonds. The maximum atomic E-state index is 12.0. The largest absolute Gasteiger partial charge is 0.383 e. The Hall–Kier alpha value is -1.08. The SMILES string of the molecule is CCCCCNS(=O)(=O)c1cnn(CCC)c1N. The van der Waals surface area contributed by atoms with E-state index in [1.165, 1.54) is 10.9 Å². The molecule has 1 aromatic rings. The lowest BCUT2D eigenvalue weighted by Crippen LogP contribution is -2.25. The Morgan fingerprint density at radius 3 is 2.67 bits per heavy atom. The molecule has 0 bridgehead atoms. The minimum Gasteiger partial charge on any atom is -0.383 e. The van der Waals surface area contributed by atoms with Gasteiger partial charge in [-0.2, -0.15) is 5.10 Å². The lowest BCUT2D eigenvalue weighted by molar-refractivity contribution is 0.575. The number of hydrogen-bond acceptors (Lipinski definition) is 4. The topological polar surface area (TPSA) is 90.0 Å². The number of unbranched alkanes of at least 4 members (excludes halogenated alkanes) is 2. The summed E-state index contributed by atoms with van der Waals surface area (Å²) in [7, 11) is -3.53. The van der Waals surface area contributed by atoms with E-state index in [-0.39, 0.29) is 10.7 Å². The minimum atomic E-state index is -3.53. The van der Waals surface area contributed by atoms with Crippen molar-refractivity contribution in [3.8, 4) is 0 Å². The molecule has 0 unspecified atom stereocenters. The van der Waals surface area contributed by atoms with Crippen molar-refractivity contribution in [1.82, 2.24) is 14.5 Å². The van der Waals surface area contributed by atoms with Gasteiger partial charge in [0.1, 0.15) is 10.7 Å². The van der Waals surface area contributed by atoms with Crippen LogP contribution in [0, 0.1) is 0 Å². The van der Waals surface area contributed by atoms with Gasteiger partial charge in [-0.1, -0.05) is 26.7 Å². The van der Waals surface area contributed by atoms with Crippen molar-refractivity contribution in [2.45, 2.75) is 51.0 Å². The predicted molar refractivity (Wildman–Crippen MR) is 71.6 cm³/mol. The summed E-state index contributed by atoms with van der Waals surface area (Å²) in [6, 6.07) is 0. The van der Waals surface area contributed by atoms with Crippen LogP contribution in [0.25, 0.3) is 0 Å². The quantitative estimate of drug-likeness (QED) is 0.700. The number of rotatable bonds is 8. The van der Waals surface area contributed by atoms with Crippen molar-refractivity contribution < 1.29 is 8.42 Å². The fourth-order valence-corrected chi connectivity index (χ4v) is 2.77. The van der Waals surface area contributed by atoms with Crippen LogP contribution in [-0.4, -0.2) is 24.7 Å². The summed E-state index contributed by atoms with van der Waals surface area (Å²) in [5.74, 6) is 0.208. The molecule has 104 valence electrons. The Kier molecular flexibility index (Phi) is 5.61. The van der Waals surface area contributed by atoms with E-state index < -0.39 is 10.0 Å². The van der Waals surface area contributed by atoms with E-state index in [1.807, 2.05) is 6.92 Å². The van der Waals surface area contributed by atoms with Crippen molar-refractivity contribution >= 4 is 15.8 Å². The van der Waals surface area contributed by atoms with Crippen molar-refractivity contribution in [2.24, 2.45) is 0 Å². The van der Waals surface area contributed by atoms with Gasteiger partial charge in [0.25, 0.3) is 0 Å². The summed E-state index contributed by atoms with van der Waals surface area (Å²) in [6.07, 6.45) is 5.06. The summed E-state index contributed by atoms with van der Waals surface area (Å²) in [5.41, 5.74) is 5.79. The molecule has 1 heterocycles. The third kappa shape index (κ3) is 3.71. The number of nitrogens with zero attached hydrogens (tertiary/aromatic N) is 2. The molecule has 1 aromatic heterocycles. The molecule has 7 heteroatoms. The van der Waals surface area contributed by atoms with Crippen molar-refractivity contribution in [3.63, 3.8) is 0 Å². The molecule has 3 N–H and O–H groups in total. The van der Waals surface area contributed by atoms with Crippen LogP contribution in [0.3, 0.4) is 0 Å². The van der Waals surface area contributed by atoms with E-state index in [1.54, 1.807) is 0 Å². The Bertz CT molecular complexity index is 467. The molecule has 0 aliphatic heterocycles. The smallest absolute Gasteiger partial charge is 0.245 e. The van der Waals surface area contributed by atoms with Gasteiger partial charge in [-0.15, -0.1) is 0 Å². The number of hydrogen-bond donors (Lipinski definition) is 2. The van der Waals surface area contributed by atoms with E-state index in [0.29, 0.717) is 13.1 Å². The van der Waals surface area contributed by atoms with E-state index in [4.69, 9.17) is 5.73 Å². The number of aromatic nitrogens is 2. The van der Waals surface area contributed by atoms with Crippen LogP contribution in [0.4, 0.5) is 5.82 Å². The van der Waals surface area contributed by atoms with Gasteiger partial charge in [-0.25, -0.2) is 17.8 Å². The van der Waals surface area contributed by atoms with E-state index >= 15 is 0 Å². The van der Waals surface area contributed by atoms with Crippen LogP contribution < -0.4 is 10.5 Å². The van der Waals surface area contributed by atoms with Crippen LogP contribution in [-0.2, 0) is 16.6 Å². The zero-order valence-corrected chi connectivity index (χ0v) is 11.8. The second kappa shape index (κ2) is 6.75. The first-order valence-corrected chi connectivity index (χ1v) is 7.82. The standard InChI is InChI=1S/C11H22N4O2S/c1-3-5-6-7-14-18(16,17)10-9-13-15(8-4-2)11(10)12/h9,14H,3-8,12H2,1-2H3. The van der Waals surface area contributed by atoms with Crippen LogP contribution in [0.5, 0.6) is 0 Å². The predicted octanol–water partition coefficient (Wildman–Crippen LogP) is 1.34. The van der Waals surface area contributed by atoms with Crippen LogP contribution >= 0.6 is 0 Å². The molecule has 18 heavy (non-hydrogen) atoms. The van der Waals surface area contributed by atoms with Crippen LogP contribution in [0.1, 0.15) is 39.5 Å². The highest BCUT2D eigenvalue weighted by molar-refractivity contribution is 7.89. The molecule has 0 aromatic carbocycles. The first kappa shape index (κ1) is 15.0. The average molecular weight is 274 g/mol. The summed E-state index contributed by atoms with van der Waals surface area (Å²) in [6.45, 7) is 5.12. The van der Waals surface area contributed by atoms with Crippen molar-refractivity contribution in [3.05, 3.63) is 6.20 Å². The van der Waals surface area contributed by atoms with Crippen LogP contribution in [0.15, 0.2) is 11.1 Å². The zero-order chi connectivity index (χ0) is 13.6. The molecular formula is C11H22N4O2S. The Labute approximate surface area is 109 Å². The first-order valence-electron chi connectivity index (χ1n) is 6.33. The number of aryl methyl sites for hydroxylation is 1. The maximum Gasteiger partial charge on any atom is 0.245 e. The monoisotopic (exact) mass is 274 g/mol. The number of nitrogens with one attached hydrogen (secondary N) is 1. The van der Waals surface area contributed by atoms with Crippen molar-refractivity contribution in [2.75, 3.05) is 12.3 Å². The normalized spacial score (nSPS) is 11.9. The second-order valence-corrected chi connectivity index (χ2v) is 5.96. The molecular weight excluding hydrogens is 252 g/mol. The van der Waals surface area contributed by atoms with Gasteiger partial charge in [-0.05, 0) is 12.8 Å². The van der Waals surface area contributed by atoms with Gasteiger partial charge >= 0.3 is 0 Å². The molecule has 1 rings (SSSR count). The van der Waals surface area contributed by atoms with Gasteiger partial charge in [0.2, 0.25) is 10.0 Å². The fourth-order valence-electron chi connectivity index (χ4n) is 1.63. The molecule has 0 radical (unpaired) electrons.